The molecular weight excluding hydrogens is 509 g/mol. The Hall–Kier alpha value is -0.766. The Morgan fingerprint density at radius 3 is 2.16 bits per heavy atom. The van der Waals surface area contributed by atoms with Gasteiger partial charge in [-0.05, 0) is 64.0 Å². The normalized spacial score (nSPS) is 22.7. The lowest BCUT2D eigenvalue weighted by molar-refractivity contribution is -0.140. The van der Waals surface area contributed by atoms with Gasteiger partial charge in [0.25, 0.3) is 0 Å². The predicted octanol–water partition coefficient (Wildman–Crippen LogP) is 8.84. The number of rotatable bonds is 17. The van der Waals surface area contributed by atoms with Crippen molar-refractivity contribution in [2.45, 2.75) is 155 Å². The molecule has 1 aliphatic rings. The van der Waals surface area contributed by atoms with Crippen LogP contribution in [0.1, 0.15) is 105 Å². The number of Topliss-reactive ketones (excluding diaryl/α,β-unsaturated/α-hetero) is 1. The Labute approximate surface area is 237 Å². The summed E-state index contributed by atoms with van der Waals surface area (Å²) in [5.41, 5.74) is -0.314. The highest BCUT2D eigenvalue weighted by Crippen LogP contribution is 2.43. The first-order valence-electron chi connectivity index (χ1n) is 15.1. The van der Waals surface area contributed by atoms with Crippen molar-refractivity contribution in [3.8, 4) is 0 Å². The summed E-state index contributed by atoms with van der Waals surface area (Å²) in [6.45, 7) is 22.6. The summed E-state index contributed by atoms with van der Waals surface area (Å²) in [5, 5.41) is 0.0949. The van der Waals surface area contributed by atoms with E-state index in [4.69, 9.17) is 13.6 Å². The first-order chi connectivity index (χ1) is 17.4. The molecule has 38 heavy (non-hydrogen) atoms. The molecule has 0 amide bonds. The Balaban J connectivity index is 3.11. The van der Waals surface area contributed by atoms with Crippen LogP contribution in [0.25, 0.3) is 0 Å². The monoisotopic (exact) mass is 568 g/mol. The summed E-state index contributed by atoms with van der Waals surface area (Å²) in [5.74, 6) is 0.280. The van der Waals surface area contributed by atoms with Gasteiger partial charge in [-0.2, -0.15) is 0 Å². The summed E-state index contributed by atoms with van der Waals surface area (Å²) in [7, 11) is -2.35. The molecule has 1 saturated carbocycles. The summed E-state index contributed by atoms with van der Waals surface area (Å²) in [6.07, 6.45) is 14.8. The van der Waals surface area contributed by atoms with Crippen LogP contribution in [0, 0.1) is 11.8 Å². The first-order valence-corrected chi connectivity index (χ1v) is 21.4. The fourth-order valence-corrected chi connectivity index (χ4v) is 8.16. The van der Waals surface area contributed by atoms with Gasteiger partial charge in [0.05, 0.1) is 18.8 Å². The standard InChI is InChI=1S/C31H60O5Si2/c1-12-13-18-22-31(5,36-37(7,8)9)23-21-26-25(19-16-14-15-17-20-29(33)34-6)27(32)24-28(26)35-38(10,11)30(2,3)4/h21,23,25-26,28H,12-20,22,24H2,1-11H3/b23-21+/t25-,26-,28-,31+/m1/s1. The van der Waals surface area contributed by atoms with Crippen LogP contribution >= 0.6 is 0 Å². The number of carbonyl (C=O) groups excluding carboxylic acids is 2. The highest BCUT2D eigenvalue weighted by molar-refractivity contribution is 6.74. The van der Waals surface area contributed by atoms with E-state index in [0.717, 1.165) is 44.9 Å². The Bertz CT molecular complexity index is 765. The van der Waals surface area contributed by atoms with Crippen molar-refractivity contribution in [2.75, 3.05) is 7.11 Å². The zero-order chi connectivity index (χ0) is 29.2. The van der Waals surface area contributed by atoms with Gasteiger partial charge in [0.2, 0.25) is 0 Å². The molecule has 0 bridgehead atoms. The van der Waals surface area contributed by atoms with Crippen molar-refractivity contribution < 1.29 is 23.2 Å². The van der Waals surface area contributed by atoms with E-state index in [0.29, 0.717) is 18.6 Å². The summed E-state index contributed by atoms with van der Waals surface area (Å²) in [6, 6.07) is 0. The molecule has 0 aromatic rings. The van der Waals surface area contributed by atoms with Crippen LogP contribution in [0.5, 0.6) is 0 Å². The van der Waals surface area contributed by atoms with E-state index in [1.54, 1.807) is 0 Å². The van der Waals surface area contributed by atoms with E-state index in [9.17, 15) is 9.59 Å². The maximum Gasteiger partial charge on any atom is 0.305 e. The summed E-state index contributed by atoms with van der Waals surface area (Å²) >= 11 is 0. The molecule has 0 unspecified atom stereocenters. The fourth-order valence-electron chi connectivity index (χ4n) is 5.24. The van der Waals surface area contributed by atoms with E-state index in [-0.39, 0.29) is 34.5 Å². The lowest BCUT2D eigenvalue weighted by atomic mass is 9.87. The van der Waals surface area contributed by atoms with Crippen molar-refractivity contribution in [3.05, 3.63) is 12.2 Å². The summed E-state index contributed by atoms with van der Waals surface area (Å²) in [4.78, 5) is 24.7. The maximum absolute atomic E-state index is 13.4. The first kappa shape index (κ1) is 35.3. The van der Waals surface area contributed by atoms with Crippen LogP contribution in [0.4, 0.5) is 0 Å². The van der Waals surface area contributed by atoms with Gasteiger partial charge in [-0.25, -0.2) is 0 Å². The van der Waals surface area contributed by atoms with Gasteiger partial charge in [0.15, 0.2) is 16.6 Å². The molecule has 4 atom stereocenters. The van der Waals surface area contributed by atoms with Gasteiger partial charge in [0, 0.05) is 24.7 Å². The smallest absolute Gasteiger partial charge is 0.305 e. The van der Waals surface area contributed by atoms with Gasteiger partial charge < -0.3 is 13.6 Å². The SMILES string of the molecule is CCCCC[C@@](C)(/C=C/[C@H]1[C@H](O[Si](C)(C)C(C)(C)C)CC(=O)[C@@H]1CCCCCCC(=O)OC)O[Si](C)(C)C. The van der Waals surface area contributed by atoms with E-state index in [2.05, 4.69) is 79.5 Å². The Morgan fingerprint density at radius 2 is 1.61 bits per heavy atom. The third kappa shape index (κ3) is 12.2. The quantitative estimate of drug-likeness (QED) is 0.0759. The predicted molar refractivity (Wildman–Crippen MR) is 165 cm³/mol. The molecule has 0 aromatic carbocycles. The second-order valence-corrected chi connectivity index (χ2v) is 23.3. The average molecular weight is 569 g/mol. The zero-order valence-corrected chi connectivity index (χ0v) is 28.7. The molecular formula is C31H60O5Si2. The van der Waals surface area contributed by atoms with Crippen molar-refractivity contribution in [1.29, 1.82) is 0 Å². The van der Waals surface area contributed by atoms with Crippen molar-refractivity contribution in [1.82, 2.24) is 0 Å². The van der Waals surface area contributed by atoms with E-state index < -0.39 is 16.6 Å². The van der Waals surface area contributed by atoms with Gasteiger partial charge >= 0.3 is 5.97 Å². The van der Waals surface area contributed by atoms with Crippen LogP contribution < -0.4 is 0 Å². The van der Waals surface area contributed by atoms with Crippen LogP contribution in [-0.4, -0.2) is 47.2 Å². The minimum Gasteiger partial charge on any atom is -0.469 e. The lowest BCUT2D eigenvalue weighted by Crippen LogP contribution is -2.45. The van der Waals surface area contributed by atoms with E-state index >= 15 is 0 Å². The highest BCUT2D eigenvalue weighted by Gasteiger charge is 2.47. The molecule has 0 radical (unpaired) electrons. The maximum atomic E-state index is 13.4. The number of unbranched alkanes of at least 4 members (excludes halogenated alkanes) is 5. The van der Waals surface area contributed by atoms with E-state index in [1.165, 1.54) is 20.0 Å². The highest BCUT2D eigenvalue weighted by atomic mass is 28.4. The number of ether oxygens (including phenoxy) is 1. The van der Waals surface area contributed by atoms with Crippen molar-refractivity contribution in [3.63, 3.8) is 0 Å². The fraction of sp³-hybridized carbons (Fsp3) is 0.871. The number of esters is 1. The van der Waals surface area contributed by atoms with Gasteiger partial charge in [-0.15, -0.1) is 0 Å². The third-order valence-corrected chi connectivity index (χ3v) is 13.9. The van der Waals surface area contributed by atoms with Crippen molar-refractivity contribution in [2.24, 2.45) is 11.8 Å². The molecule has 222 valence electrons. The number of ketones is 1. The molecule has 0 saturated heterocycles. The number of carbonyl (C=O) groups is 2. The number of hydrogen-bond donors (Lipinski definition) is 0. The molecule has 7 heteroatoms. The molecule has 0 aliphatic heterocycles. The minimum atomic E-state index is -2.03. The van der Waals surface area contributed by atoms with Gasteiger partial charge in [-0.3, -0.25) is 9.59 Å². The summed E-state index contributed by atoms with van der Waals surface area (Å²) < 4.78 is 18.4. The molecule has 1 aliphatic carbocycles. The third-order valence-electron chi connectivity index (χ3n) is 8.32. The van der Waals surface area contributed by atoms with Crippen LogP contribution in [-0.2, 0) is 23.2 Å². The molecule has 1 fully saturated rings. The van der Waals surface area contributed by atoms with E-state index in [1.807, 2.05) is 0 Å². The second kappa shape index (κ2) is 15.3. The molecule has 0 N–H and O–H groups in total. The topological polar surface area (TPSA) is 61.8 Å². The zero-order valence-electron chi connectivity index (χ0n) is 26.7. The van der Waals surface area contributed by atoms with Crippen LogP contribution in [0.2, 0.25) is 37.8 Å². The Kier molecular flexibility index (Phi) is 14.2. The molecule has 5 nitrogen and oxygen atoms in total. The second-order valence-electron chi connectivity index (χ2n) is 14.1. The Morgan fingerprint density at radius 1 is 0.974 bits per heavy atom. The minimum absolute atomic E-state index is 0.00611. The van der Waals surface area contributed by atoms with Gasteiger partial charge in [-0.1, -0.05) is 78.4 Å². The van der Waals surface area contributed by atoms with Crippen LogP contribution in [0.15, 0.2) is 12.2 Å². The molecule has 0 aromatic heterocycles. The van der Waals surface area contributed by atoms with Gasteiger partial charge in [0.1, 0.15) is 5.78 Å². The molecule has 0 spiro atoms. The van der Waals surface area contributed by atoms with Crippen LogP contribution in [0.3, 0.4) is 0 Å². The largest absolute Gasteiger partial charge is 0.469 e. The average Bonchev–Trinajstić information content (AvgIpc) is 3.05. The number of hydrogen-bond acceptors (Lipinski definition) is 5. The lowest BCUT2D eigenvalue weighted by Gasteiger charge is -2.40. The van der Waals surface area contributed by atoms with Crippen molar-refractivity contribution >= 4 is 28.4 Å². The molecule has 1 rings (SSSR count). The molecule has 0 heterocycles. The number of methoxy groups -OCH3 is 1.